The molecule has 9 heteroatoms. The van der Waals surface area contributed by atoms with E-state index < -0.39 is 0 Å². The van der Waals surface area contributed by atoms with Crippen LogP contribution in [0.15, 0.2) is 64.2 Å². The lowest BCUT2D eigenvalue weighted by Crippen LogP contribution is -2.53. The van der Waals surface area contributed by atoms with Crippen molar-refractivity contribution in [2.45, 2.75) is 6.42 Å². The van der Waals surface area contributed by atoms with Crippen molar-refractivity contribution in [3.63, 3.8) is 0 Å². The van der Waals surface area contributed by atoms with Crippen molar-refractivity contribution >= 4 is 35.6 Å². The molecule has 0 spiro atoms. The lowest BCUT2D eigenvalue weighted by atomic mass is 10.2. The first-order valence-electron chi connectivity index (χ1n) is 10.3. The van der Waals surface area contributed by atoms with Crippen molar-refractivity contribution in [2.24, 2.45) is 4.99 Å². The van der Waals surface area contributed by atoms with Gasteiger partial charge < -0.3 is 19.5 Å². The molecule has 0 unspecified atom stereocenters. The van der Waals surface area contributed by atoms with Gasteiger partial charge in [0.25, 0.3) is 0 Å². The number of aliphatic imine (C=N–C) groups is 1. The van der Waals surface area contributed by atoms with Crippen LogP contribution in [0.5, 0.6) is 0 Å². The molecule has 3 aromatic rings. The number of nitrogens with one attached hydrogen (secondary N) is 1. The van der Waals surface area contributed by atoms with Crippen LogP contribution >= 0.6 is 24.0 Å². The summed E-state index contributed by atoms with van der Waals surface area (Å²) in [6.45, 7) is 3.62. The van der Waals surface area contributed by atoms with Crippen molar-refractivity contribution in [3.05, 3.63) is 72.1 Å². The van der Waals surface area contributed by atoms with Crippen molar-refractivity contribution in [1.29, 1.82) is 0 Å². The molecule has 1 N–H and O–H groups in total. The van der Waals surface area contributed by atoms with Gasteiger partial charge in [0, 0.05) is 51.8 Å². The van der Waals surface area contributed by atoms with E-state index in [4.69, 9.17) is 4.42 Å². The summed E-state index contributed by atoms with van der Waals surface area (Å²) in [6, 6.07) is 12.9. The number of para-hydroxylation sites is 1. The fourth-order valence-corrected chi connectivity index (χ4v) is 3.65. The Hall–Kier alpha value is -2.69. The summed E-state index contributed by atoms with van der Waals surface area (Å²) in [5.41, 5.74) is 2.20. The Bertz CT molecular complexity index is 1030. The second-order valence-corrected chi connectivity index (χ2v) is 7.30. The van der Waals surface area contributed by atoms with Crippen LogP contribution in [-0.4, -0.2) is 55.6 Å². The molecule has 170 valence electrons. The molecule has 32 heavy (non-hydrogen) atoms. The van der Waals surface area contributed by atoms with Gasteiger partial charge in [-0.3, -0.25) is 4.99 Å². The Morgan fingerprint density at radius 1 is 1.06 bits per heavy atom. The number of benzene rings is 2. The molecule has 2 heterocycles. The molecular formula is C23H26F2IN5O. The molecule has 0 bridgehead atoms. The van der Waals surface area contributed by atoms with Crippen LogP contribution in [0.4, 0.5) is 14.5 Å². The zero-order chi connectivity index (χ0) is 21.6. The molecule has 4 rings (SSSR count). The third-order valence-electron chi connectivity index (χ3n) is 5.29. The van der Waals surface area contributed by atoms with E-state index in [9.17, 15) is 8.78 Å². The van der Waals surface area contributed by atoms with Crippen LogP contribution in [0.25, 0.3) is 11.5 Å². The summed E-state index contributed by atoms with van der Waals surface area (Å²) < 4.78 is 32.6. The van der Waals surface area contributed by atoms with Gasteiger partial charge in [-0.25, -0.2) is 13.8 Å². The molecule has 1 aliphatic heterocycles. The summed E-state index contributed by atoms with van der Waals surface area (Å²) in [6.07, 6.45) is 2.29. The van der Waals surface area contributed by atoms with Crippen molar-refractivity contribution in [2.75, 3.05) is 44.7 Å². The van der Waals surface area contributed by atoms with Gasteiger partial charge in [-0.1, -0.05) is 12.1 Å². The van der Waals surface area contributed by atoms with E-state index in [-0.39, 0.29) is 35.6 Å². The summed E-state index contributed by atoms with van der Waals surface area (Å²) >= 11 is 0. The average Bonchev–Trinajstić information content (AvgIpc) is 3.27. The highest BCUT2D eigenvalue weighted by atomic mass is 127. The SMILES string of the molecule is CN=C(NCCc1coc(-c2ccc(F)cc2)n1)N1CCN(c2ccccc2F)CC1.I. The molecule has 2 aromatic carbocycles. The van der Waals surface area contributed by atoms with Gasteiger partial charge in [-0.05, 0) is 36.4 Å². The monoisotopic (exact) mass is 553 g/mol. The van der Waals surface area contributed by atoms with Crippen molar-refractivity contribution in [1.82, 2.24) is 15.2 Å². The van der Waals surface area contributed by atoms with E-state index in [1.54, 1.807) is 31.5 Å². The molecule has 0 aliphatic carbocycles. The quantitative estimate of drug-likeness (QED) is 0.292. The highest BCUT2D eigenvalue weighted by Gasteiger charge is 2.21. The van der Waals surface area contributed by atoms with Gasteiger partial charge in [0.15, 0.2) is 5.96 Å². The number of anilines is 1. The van der Waals surface area contributed by atoms with Crippen LogP contribution in [0, 0.1) is 11.6 Å². The molecule has 0 atom stereocenters. The minimum atomic E-state index is -0.291. The number of hydrogen-bond acceptors (Lipinski definition) is 4. The standard InChI is InChI=1S/C23H25F2N5O.HI/c1-26-23(30-14-12-29(13-15-30)21-5-3-2-4-20(21)25)27-11-10-19-16-31-22(28-19)17-6-8-18(24)9-7-17;/h2-9,16H,10-15H2,1H3,(H,26,27);1H. The van der Waals surface area contributed by atoms with Crippen molar-refractivity contribution < 1.29 is 13.2 Å². The Morgan fingerprint density at radius 3 is 2.47 bits per heavy atom. The first-order valence-corrected chi connectivity index (χ1v) is 10.3. The van der Waals surface area contributed by atoms with E-state index in [0.717, 1.165) is 43.4 Å². The predicted molar refractivity (Wildman–Crippen MR) is 133 cm³/mol. The third-order valence-corrected chi connectivity index (χ3v) is 5.29. The first-order chi connectivity index (χ1) is 15.1. The van der Waals surface area contributed by atoms with E-state index in [2.05, 4.69) is 25.1 Å². The van der Waals surface area contributed by atoms with Crippen LogP contribution in [0.1, 0.15) is 5.69 Å². The Labute approximate surface area is 203 Å². The van der Waals surface area contributed by atoms with E-state index in [1.165, 1.54) is 18.2 Å². The van der Waals surface area contributed by atoms with Gasteiger partial charge in [0.05, 0.1) is 11.4 Å². The van der Waals surface area contributed by atoms with Crippen LogP contribution in [0.3, 0.4) is 0 Å². The van der Waals surface area contributed by atoms with E-state index in [0.29, 0.717) is 24.5 Å². The molecule has 1 aromatic heterocycles. The second-order valence-electron chi connectivity index (χ2n) is 7.30. The van der Waals surface area contributed by atoms with Crippen molar-refractivity contribution in [3.8, 4) is 11.5 Å². The van der Waals surface area contributed by atoms with Crippen LogP contribution in [-0.2, 0) is 6.42 Å². The maximum Gasteiger partial charge on any atom is 0.226 e. The molecule has 0 saturated carbocycles. The summed E-state index contributed by atoms with van der Waals surface area (Å²) in [5.74, 6) is 0.811. The third kappa shape index (κ3) is 5.76. The normalized spacial score (nSPS) is 14.3. The molecule has 0 radical (unpaired) electrons. The lowest BCUT2D eigenvalue weighted by molar-refractivity contribution is 0.371. The number of oxazole rings is 1. The Balaban J connectivity index is 0.00000289. The average molecular weight is 553 g/mol. The maximum atomic E-state index is 14.0. The largest absolute Gasteiger partial charge is 0.444 e. The molecule has 1 saturated heterocycles. The van der Waals surface area contributed by atoms with Crippen LogP contribution < -0.4 is 10.2 Å². The number of rotatable bonds is 5. The maximum absolute atomic E-state index is 14.0. The van der Waals surface area contributed by atoms with Gasteiger partial charge in [0.2, 0.25) is 5.89 Å². The smallest absolute Gasteiger partial charge is 0.226 e. The van der Waals surface area contributed by atoms with E-state index in [1.807, 2.05) is 12.1 Å². The minimum Gasteiger partial charge on any atom is -0.444 e. The molecule has 1 aliphatic rings. The van der Waals surface area contributed by atoms with Gasteiger partial charge in [-0.15, -0.1) is 24.0 Å². The predicted octanol–water partition coefficient (Wildman–Crippen LogP) is 4.18. The zero-order valence-electron chi connectivity index (χ0n) is 17.8. The number of aromatic nitrogens is 1. The van der Waals surface area contributed by atoms with Crippen LogP contribution in [0.2, 0.25) is 0 Å². The highest BCUT2D eigenvalue weighted by molar-refractivity contribution is 14.0. The number of hydrogen-bond donors (Lipinski definition) is 1. The summed E-state index contributed by atoms with van der Waals surface area (Å²) in [5, 5.41) is 3.36. The molecular weight excluding hydrogens is 527 g/mol. The fraction of sp³-hybridized carbons (Fsp3) is 0.304. The number of nitrogens with zero attached hydrogens (tertiary/aromatic N) is 4. The molecule has 1 fully saturated rings. The van der Waals surface area contributed by atoms with Gasteiger partial charge >= 0.3 is 0 Å². The first kappa shape index (κ1) is 24.0. The summed E-state index contributed by atoms with van der Waals surface area (Å²) in [7, 11) is 1.76. The number of halogens is 3. The van der Waals surface area contributed by atoms with Gasteiger partial charge in [-0.2, -0.15) is 0 Å². The van der Waals surface area contributed by atoms with E-state index >= 15 is 0 Å². The Kier molecular flexibility index (Phi) is 8.43. The second kappa shape index (κ2) is 11.3. The lowest BCUT2D eigenvalue weighted by Gasteiger charge is -2.37. The van der Waals surface area contributed by atoms with Gasteiger partial charge in [0.1, 0.15) is 17.9 Å². The number of guanidine groups is 1. The molecule has 6 nitrogen and oxygen atoms in total. The highest BCUT2D eigenvalue weighted by Crippen LogP contribution is 2.21. The fourth-order valence-electron chi connectivity index (χ4n) is 3.65. The summed E-state index contributed by atoms with van der Waals surface area (Å²) in [4.78, 5) is 13.1. The number of piperazine rings is 1. The minimum absolute atomic E-state index is 0. The zero-order valence-corrected chi connectivity index (χ0v) is 20.1. The molecule has 0 amide bonds. The Morgan fingerprint density at radius 2 is 1.78 bits per heavy atom. The topological polar surface area (TPSA) is 56.9 Å².